The maximum absolute atomic E-state index is 13.1. The van der Waals surface area contributed by atoms with E-state index in [1.807, 2.05) is 24.3 Å². The Morgan fingerprint density at radius 3 is 2.85 bits per heavy atom. The Morgan fingerprint density at radius 1 is 1.23 bits per heavy atom. The Labute approximate surface area is 149 Å². The number of rotatable bonds is 3. The zero-order valence-electron chi connectivity index (χ0n) is 14.0. The van der Waals surface area contributed by atoms with Gasteiger partial charge in [-0.2, -0.15) is 0 Å². The minimum absolute atomic E-state index is 0.120. The van der Waals surface area contributed by atoms with Crippen molar-refractivity contribution in [3.63, 3.8) is 0 Å². The Bertz CT molecular complexity index is 968. The van der Waals surface area contributed by atoms with E-state index in [0.29, 0.717) is 23.4 Å². The number of anilines is 1. The van der Waals surface area contributed by atoms with Gasteiger partial charge in [0.25, 0.3) is 5.91 Å². The van der Waals surface area contributed by atoms with Crippen molar-refractivity contribution in [2.45, 2.75) is 12.5 Å². The van der Waals surface area contributed by atoms with Crippen molar-refractivity contribution in [1.29, 1.82) is 0 Å². The molecule has 4 rings (SSSR count). The largest absolute Gasteiger partial charge is 0.467 e. The number of hydrogen-bond donors (Lipinski definition) is 0. The number of carbonyl (C=O) groups excluding carboxylic acids is 2. The molecule has 3 heterocycles. The Kier molecular flexibility index (Phi) is 3.96. The number of para-hydroxylation sites is 1. The van der Waals surface area contributed by atoms with Gasteiger partial charge in [-0.05, 0) is 23.8 Å². The fourth-order valence-electron chi connectivity index (χ4n) is 3.11. The quantitative estimate of drug-likeness (QED) is 0.675. The van der Waals surface area contributed by atoms with Crippen LogP contribution in [0.4, 0.5) is 5.69 Å². The van der Waals surface area contributed by atoms with Crippen molar-refractivity contribution in [1.82, 2.24) is 10.1 Å². The van der Waals surface area contributed by atoms with Gasteiger partial charge in [0, 0.05) is 36.1 Å². The van der Waals surface area contributed by atoms with Gasteiger partial charge in [0.05, 0.1) is 7.11 Å². The second kappa shape index (κ2) is 6.44. The summed E-state index contributed by atoms with van der Waals surface area (Å²) in [4.78, 5) is 30.7. The number of esters is 1. The van der Waals surface area contributed by atoms with Crippen LogP contribution >= 0.6 is 0 Å². The molecule has 0 saturated heterocycles. The smallest absolute Gasteiger partial charge is 0.329 e. The van der Waals surface area contributed by atoms with Crippen LogP contribution in [0.3, 0.4) is 0 Å². The van der Waals surface area contributed by atoms with Crippen LogP contribution in [0.5, 0.6) is 0 Å². The zero-order chi connectivity index (χ0) is 18.1. The lowest BCUT2D eigenvalue weighted by atomic mass is 10.1. The van der Waals surface area contributed by atoms with Gasteiger partial charge in [-0.1, -0.05) is 23.4 Å². The molecule has 0 unspecified atom stereocenters. The predicted octanol–water partition coefficient (Wildman–Crippen LogP) is 2.48. The molecule has 0 radical (unpaired) electrons. The lowest BCUT2D eigenvalue weighted by Crippen LogP contribution is -2.43. The summed E-state index contributed by atoms with van der Waals surface area (Å²) in [6, 6.07) is 11.8. The molecule has 0 N–H and O–H groups in total. The molecular formula is C19H15N3O4. The van der Waals surface area contributed by atoms with Gasteiger partial charge < -0.3 is 9.26 Å². The lowest BCUT2D eigenvalue weighted by Gasteiger charge is -2.22. The maximum Gasteiger partial charge on any atom is 0.329 e. The van der Waals surface area contributed by atoms with Crippen molar-refractivity contribution in [3.05, 3.63) is 66.1 Å². The fraction of sp³-hybridized carbons (Fsp3) is 0.158. The highest BCUT2D eigenvalue weighted by Crippen LogP contribution is 2.34. The molecule has 0 saturated carbocycles. The number of carbonyl (C=O) groups is 2. The Balaban J connectivity index is 1.70. The number of nitrogens with zero attached hydrogens (tertiary/aromatic N) is 3. The maximum atomic E-state index is 13.1. The number of aromatic nitrogens is 2. The minimum atomic E-state index is -0.719. The average molecular weight is 349 g/mol. The summed E-state index contributed by atoms with van der Waals surface area (Å²) < 4.78 is 10.2. The Morgan fingerprint density at radius 2 is 2.08 bits per heavy atom. The second-order valence-corrected chi connectivity index (χ2v) is 5.87. The number of ether oxygens (including phenoxy) is 1. The zero-order valence-corrected chi connectivity index (χ0v) is 14.0. The summed E-state index contributed by atoms with van der Waals surface area (Å²) in [7, 11) is 1.31. The molecular weight excluding hydrogens is 334 g/mol. The van der Waals surface area contributed by atoms with Crippen LogP contribution in [0.15, 0.2) is 59.4 Å². The first-order chi connectivity index (χ1) is 12.7. The number of pyridine rings is 1. The molecule has 26 heavy (non-hydrogen) atoms. The SMILES string of the molecule is COC(=O)[C@@H]1Cc2ccccc2N1C(=O)c1cc(-c2cccnc2)on1. The van der Waals surface area contributed by atoms with Gasteiger partial charge in [-0.3, -0.25) is 14.7 Å². The van der Waals surface area contributed by atoms with Crippen molar-refractivity contribution in [2.24, 2.45) is 0 Å². The van der Waals surface area contributed by atoms with E-state index < -0.39 is 17.9 Å². The van der Waals surface area contributed by atoms with Crippen LogP contribution in [0.1, 0.15) is 16.1 Å². The highest BCUT2D eigenvalue weighted by molar-refractivity contribution is 6.10. The summed E-state index contributed by atoms with van der Waals surface area (Å²) in [6.07, 6.45) is 3.67. The number of benzene rings is 1. The summed E-state index contributed by atoms with van der Waals surface area (Å²) in [6.45, 7) is 0. The summed E-state index contributed by atoms with van der Waals surface area (Å²) in [5, 5.41) is 3.88. The first kappa shape index (κ1) is 16.0. The lowest BCUT2D eigenvalue weighted by molar-refractivity contribution is -0.141. The molecule has 0 aliphatic carbocycles. The number of amides is 1. The molecule has 7 heteroatoms. The van der Waals surface area contributed by atoms with E-state index in [9.17, 15) is 9.59 Å². The third kappa shape index (κ3) is 2.63. The van der Waals surface area contributed by atoms with Gasteiger partial charge in [0.1, 0.15) is 6.04 Å². The van der Waals surface area contributed by atoms with Gasteiger partial charge in [0.2, 0.25) is 0 Å². The standard InChI is InChI=1S/C19H15N3O4/c1-25-19(24)16-9-12-5-2-3-7-15(12)22(16)18(23)14-10-17(26-21-14)13-6-4-8-20-11-13/h2-8,10-11,16H,9H2,1H3/t16-/m0/s1. The van der Waals surface area contributed by atoms with E-state index in [2.05, 4.69) is 10.1 Å². The van der Waals surface area contributed by atoms with Crippen LogP contribution in [0.2, 0.25) is 0 Å². The van der Waals surface area contributed by atoms with Gasteiger partial charge in [-0.15, -0.1) is 0 Å². The molecule has 1 aliphatic rings. The number of hydrogen-bond acceptors (Lipinski definition) is 6. The first-order valence-corrected chi connectivity index (χ1v) is 8.05. The van der Waals surface area contributed by atoms with Crippen molar-refractivity contribution in [3.8, 4) is 11.3 Å². The third-order valence-electron chi connectivity index (χ3n) is 4.34. The molecule has 2 aromatic heterocycles. The van der Waals surface area contributed by atoms with Crippen LogP contribution in [0, 0.1) is 0 Å². The molecule has 0 spiro atoms. The van der Waals surface area contributed by atoms with Crippen molar-refractivity contribution in [2.75, 3.05) is 12.0 Å². The number of fused-ring (bicyclic) bond motifs is 1. The molecule has 7 nitrogen and oxygen atoms in total. The van der Waals surface area contributed by atoms with Gasteiger partial charge in [0.15, 0.2) is 11.5 Å². The highest BCUT2D eigenvalue weighted by Gasteiger charge is 2.40. The van der Waals surface area contributed by atoms with Crippen molar-refractivity contribution >= 4 is 17.6 Å². The van der Waals surface area contributed by atoms with Crippen molar-refractivity contribution < 1.29 is 18.8 Å². The predicted molar refractivity (Wildman–Crippen MR) is 92.5 cm³/mol. The van der Waals surface area contributed by atoms with Gasteiger partial charge >= 0.3 is 5.97 Å². The molecule has 1 aliphatic heterocycles. The van der Waals surface area contributed by atoms with Crippen LogP contribution in [-0.4, -0.2) is 35.2 Å². The van der Waals surface area contributed by atoms with E-state index in [1.165, 1.54) is 12.0 Å². The molecule has 1 amide bonds. The molecule has 1 atom stereocenters. The fourth-order valence-corrected chi connectivity index (χ4v) is 3.11. The van der Waals surface area contributed by atoms with Crippen LogP contribution in [0.25, 0.3) is 11.3 Å². The molecule has 0 bridgehead atoms. The molecule has 3 aromatic rings. The second-order valence-electron chi connectivity index (χ2n) is 5.87. The summed E-state index contributed by atoms with van der Waals surface area (Å²) >= 11 is 0. The van der Waals surface area contributed by atoms with Gasteiger partial charge in [-0.25, -0.2) is 4.79 Å². The topological polar surface area (TPSA) is 85.5 Å². The monoisotopic (exact) mass is 349 g/mol. The summed E-state index contributed by atoms with van der Waals surface area (Å²) in [5.74, 6) is -0.446. The van der Waals surface area contributed by atoms with E-state index in [0.717, 1.165) is 5.56 Å². The van der Waals surface area contributed by atoms with Crippen LogP contribution in [-0.2, 0) is 16.0 Å². The average Bonchev–Trinajstić information content (AvgIpc) is 3.32. The molecule has 1 aromatic carbocycles. The van der Waals surface area contributed by atoms with E-state index in [-0.39, 0.29) is 5.69 Å². The molecule has 0 fully saturated rings. The van der Waals surface area contributed by atoms with E-state index in [1.54, 1.807) is 30.6 Å². The minimum Gasteiger partial charge on any atom is -0.467 e. The third-order valence-corrected chi connectivity index (χ3v) is 4.34. The van der Waals surface area contributed by atoms with E-state index in [4.69, 9.17) is 9.26 Å². The summed E-state index contributed by atoms with van der Waals surface area (Å²) in [5.41, 5.74) is 2.42. The van der Waals surface area contributed by atoms with E-state index >= 15 is 0 Å². The first-order valence-electron chi connectivity index (χ1n) is 8.05. The highest BCUT2D eigenvalue weighted by atomic mass is 16.5. The Hall–Kier alpha value is -3.48. The van der Waals surface area contributed by atoms with Crippen LogP contribution < -0.4 is 4.90 Å². The molecule has 130 valence electrons. The number of methoxy groups -OCH3 is 1. The normalized spacial score (nSPS) is 15.6.